The lowest BCUT2D eigenvalue weighted by Gasteiger charge is -2.48. The zero-order valence-corrected chi connectivity index (χ0v) is 65.6. The van der Waals surface area contributed by atoms with Crippen LogP contribution < -0.4 is 25.7 Å². The number of guanidine groups is 1. The Kier molecular flexibility index (Phi) is 31.1. The standard InChI is InChI=1S/C78H117ClN8O19/c1-18-61-78(13,99)68(93)50(9)85(43-45(4)39-76(11,98)70(106-74-66(92)60(84(14)15)35-46(5)102-74)47(6)67(48(7)73(97)104-61)105-65-40-77(12,101-17)69(94)51(10)103-65)33-22-32-80-75(82-42-64(90)91)86(34-31-44(2)3)72(96)58(36-52-23-20-19-21-24-52)83-63(89)41-81-62(88)38-56-49(8)87(59-30-29-55(100-16)37-57(56)59)71(95)53-25-27-54(79)28-26-53/h19-21,23-30,37,44-48,50-51,58,60-61,65-70,74,92-94,98-99H,18,22,31-36,38-43H2,1-17H3,(H,80,82)(H,81,88)(H,83,89)(H,90,91)/p+1. The number of ether oxygens (including phenoxy) is 7. The van der Waals surface area contributed by atoms with Gasteiger partial charge in [-0.15, -0.1) is 0 Å². The van der Waals surface area contributed by atoms with Crippen molar-refractivity contribution in [3.05, 3.63) is 100 Å². The molecular formula is C78H118ClN8O19+. The highest BCUT2D eigenvalue weighted by molar-refractivity contribution is 6.30. The first kappa shape index (κ1) is 86.5. The molecule has 0 saturated carbocycles. The molecule has 3 fully saturated rings. The molecule has 3 aliphatic rings. The molecule has 19 atom stereocenters. The minimum Gasteiger partial charge on any atom is -0.497 e. The van der Waals surface area contributed by atoms with Crippen molar-refractivity contribution in [2.24, 2.45) is 23.7 Å². The van der Waals surface area contributed by atoms with E-state index >= 15 is 4.79 Å². The number of carbonyl (C=O) groups is 6. The smallest absolute Gasteiger partial charge is 0.353 e. The van der Waals surface area contributed by atoms with Crippen LogP contribution in [0.2, 0.25) is 5.02 Å². The van der Waals surface area contributed by atoms with Crippen molar-refractivity contribution in [3.8, 4) is 5.75 Å². The second-order valence-electron chi connectivity index (χ2n) is 30.6. The molecule has 0 aliphatic carbocycles. The third kappa shape index (κ3) is 21.8. The third-order valence-corrected chi connectivity index (χ3v) is 21.6. The van der Waals surface area contributed by atoms with Gasteiger partial charge in [-0.05, 0) is 167 Å². The van der Waals surface area contributed by atoms with E-state index < -0.39 is 151 Å². The highest BCUT2D eigenvalue weighted by atomic mass is 35.5. The summed E-state index contributed by atoms with van der Waals surface area (Å²) in [5.74, 6) is -6.20. The molecular weight excluding hydrogens is 1390 g/mol. The molecule has 1 aromatic heterocycles. The SMILES string of the molecule is CCC1OC(=O)C(C)C(OC2CC(C)(OC)C(O)C(C)O2)C(C)C(OC2OC(C)CC(N(C)C)C2O)C(C)(O)CC(C)CN(CCCNC(=[NH+]CC(=O)O)N(CCC(C)C)C(=O)C(Cc2ccccc2)NC(=O)CNC(=O)Cc2c(C)n(C(=O)c3ccc(Cl)cc3)c3ccc(OC)cc23)C(C)C(O)C1(C)O. The van der Waals surface area contributed by atoms with Crippen molar-refractivity contribution in [2.75, 3.05) is 67.6 Å². The highest BCUT2D eigenvalue weighted by Gasteiger charge is 2.53. The van der Waals surface area contributed by atoms with Crippen LogP contribution in [0.5, 0.6) is 5.75 Å². The van der Waals surface area contributed by atoms with Crippen LogP contribution in [0.4, 0.5) is 0 Å². The summed E-state index contributed by atoms with van der Waals surface area (Å²) in [4.78, 5) is 93.3. The predicted octanol–water partition coefficient (Wildman–Crippen LogP) is 4.35. The molecule has 0 spiro atoms. The number of hydrogen-bond acceptors (Lipinski definition) is 20. The average molecular weight is 1510 g/mol. The number of nitrogens with zero attached hydrogens (tertiary/aromatic N) is 4. The number of benzene rings is 3. The zero-order valence-electron chi connectivity index (χ0n) is 64.8. The molecule has 3 aliphatic heterocycles. The number of halogens is 1. The second-order valence-corrected chi connectivity index (χ2v) is 31.1. The number of aliphatic carboxylic acids is 1. The number of fused-ring (bicyclic) bond motifs is 1. The van der Waals surface area contributed by atoms with Gasteiger partial charge >= 0.3 is 23.8 Å². The number of rotatable bonds is 26. The molecule has 106 heavy (non-hydrogen) atoms. The number of carbonyl (C=O) groups excluding carboxylic acids is 5. The van der Waals surface area contributed by atoms with Gasteiger partial charge in [-0.1, -0.05) is 76.6 Å². The number of carboxylic acids is 1. The summed E-state index contributed by atoms with van der Waals surface area (Å²) in [7, 11) is 6.68. The van der Waals surface area contributed by atoms with Crippen LogP contribution in [0.25, 0.3) is 10.9 Å². The molecule has 3 amide bonds. The van der Waals surface area contributed by atoms with Gasteiger partial charge in [-0.2, -0.15) is 4.90 Å². The first-order valence-corrected chi connectivity index (χ1v) is 37.5. The number of likely N-dealkylation sites (N-methyl/N-ethyl adjacent to an activating group) is 1. The van der Waals surface area contributed by atoms with Gasteiger partial charge in [0.2, 0.25) is 11.8 Å². The fourth-order valence-corrected chi connectivity index (χ4v) is 15.3. The molecule has 3 saturated heterocycles. The van der Waals surface area contributed by atoms with Crippen molar-refractivity contribution in [3.63, 3.8) is 0 Å². The van der Waals surface area contributed by atoms with Crippen LogP contribution in [0, 0.1) is 30.6 Å². The molecule has 19 unspecified atom stereocenters. The molecule has 10 N–H and O–H groups in total. The first-order chi connectivity index (χ1) is 49.9. The lowest BCUT2D eigenvalue weighted by Crippen LogP contribution is -2.82. The van der Waals surface area contributed by atoms with Crippen molar-refractivity contribution in [2.45, 2.75) is 238 Å². The Labute approximate surface area is 628 Å². The fraction of sp³-hybridized carbons (Fsp3) is 0.654. The number of aliphatic hydroxyl groups is 5. The maximum atomic E-state index is 15.5. The largest absolute Gasteiger partial charge is 0.497 e. The van der Waals surface area contributed by atoms with Crippen molar-refractivity contribution < 1.29 is 97.6 Å². The quantitative estimate of drug-likeness (QED) is 0.0181. The zero-order chi connectivity index (χ0) is 78.4. The number of esters is 1. The van der Waals surface area contributed by atoms with E-state index in [1.54, 1.807) is 122 Å². The van der Waals surface area contributed by atoms with Gasteiger partial charge < -0.3 is 79.3 Å². The van der Waals surface area contributed by atoms with E-state index in [1.165, 1.54) is 30.6 Å². The van der Waals surface area contributed by atoms with Crippen LogP contribution in [0.15, 0.2) is 72.8 Å². The summed E-state index contributed by atoms with van der Waals surface area (Å²) in [6.45, 7) is 22.1. The molecule has 4 aromatic rings. The van der Waals surface area contributed by atoms with Gasteiger partial charge in [0.25, 0.3) is 5.91 Å². The number of aromatic nitrogens is 1. The Bertz CT molecular complexity index is 3620. The highest BCUT2D eigenvalue weighted by Crippen LogP contribution is 2.41. The van der Waals surface area contributed by atoms with Crippen LogP contribution in [-0.4, -0.2) is 255 Å². The summed E-state index contributed by atoms with van der Waals surface area (Å²) < 4.78 is 45.6. The van der Waals surface area contributed by atoms with Gasteiger partial charge in [0.1, 0.15) is 41.8 Å². The Morgan fingerprint density at radius 3 is 2.17 bits per heavy atom. The molecule has 7 rings (SSSR count). The van der Waals surface area contributed by atoms with Crippen LogP contribution >= 0.6 is 11.6 Å². The van der Waals surface area contributed by atoms with Crippen LogP contribution in [-0.2, 0) is 65.2 Å². The summed E-state index contributed by atoms with van der Waals surface area (Å²) in [5.41, 5.74) is -2.42. The van der Waals surface area contributed by atoms with Gasteiger partial charge in [-0.25, -0.2) is 4.79 Å². The minimum atomic E-state index is -2.08. The van der Waals surface area contributed by atoms with E-state index in [4.69, 9.17) is 44.8 Å². The number of hydrogen-bond donors (Lipinski definition) is 10. The summed E-state index contributed by atoms with van der Waals surface area (Å²) in [5, 5.41) is 81.7. The maximum absolute atomic E-state index is 15.5. The third-order valence-electron chi connectivity index (χ3n) is 21.4. The van der Waals surface area contributed by atoms with E-state index in [0.717, 1.165) is 0 Å². The van der Waals surface area contributed by atoms with Crippen molar-refractivity contribution in [1.82, 2.24) is 35.2 Å². The topological polar surface area (TPSA) is 353 Å². The first-order valence-electron chi connectivity index (χ1n) is 37.1. The van der Waals surface area contributed by atoms with Gasteiger partial charge in [0.05, 0.1) is 80.2 Å². The number of aliphatic hydroxyl groups excluding tert-OH is 3. The number of nitrogens with one attached hydrogen (secondary N) is 4. The summed E-state index contributed by atoms with van der Waals surface area (Å²) >= 11 is 6.15. The van der Waals surface area contributed by atoms with Crippen molar-refractivity contribution >= 4 is 64.0 Å². The van der Waals surface area contributed by atoms with Crippen molar-refractivity contribution in [1.29, 1.82) is 0 Å². The summed E-state index contributed by atoms with van der Waals surface area (Å²) in [6, 6.07) is 18.1. The van der Waals surface area contributed by atoms with E-state index in [-0.39, 0.29) is 88.6 Å². The lowest BCUT2D eigenvalue weighted by molar-refractivity contribution is -0.454. The summed E-state index contributed by atoms with van der Waals surface area (Å²) in [6.07, 6.45) is -9.93. The molecule has 4 heterocycles. The van der Waals surface area contributed by atoms with Crippen LogP contribution in [0.3, 0.4) is 0 Å². The molecule has 28 heteroatoms. The predicted molar refractivity (Wildman–Crippen MR) is 399 cm³/mol. The van der Waals surface area contributed by atoms with E-state index in [0.29, 0.717) is 56.9 Å². The van der Waals surface area contributed by atoms with E-state index in [1.807, 2.05) is 57.7 Å². The van der Waals surface area contributed by atoms with Crippen LogP contribution in [0.1, 0.15) is 149 Å². The Balaban J connectivity index is 1.16. The maximum Gasteiger partial charge on any atom is 0.353 e. The second kappa shape index (κ2) is 38.1. The number of methoxy groups -OCH3 is 2. The molecule has 590 valence electrons. The van der Waals surface area contributed by atoms with E-state index in [2.05, 4.69) is 20.9 Å². The molecule has 0 radical (unpaired) electrons. The van der Waals surface area contributed by atoms with E-state index in [9.17, 15) is 54.6 Å². The normalized spacial score (nSPS) is 30.6. The van der Waals surface area contributed by atoms with Gasteiger partial charge in [0, 0.05) is 72.7 Å². The van der Waals surface area contributed by atoms with Gasteiger partial charge in [-0.3, -0.25) is 43.7 Å². The minimum absolute atomic E-state index is 0.00536. The number of cyclic esters (lactones) is 1. The average Bonchev–Trinajstić information content (AvgIpc) is 1.57. The molecule has 0 bridgehead atoms. The Hall–Kier alpha value is -6.70. The molecule has 3 aromatic carbocycles. The number of carboxylic acid groups (broad SMARTS) is 1. The Morgan fingerprint density at radius 2 is 1.55 bits per heavy atom. The fourth-order valence-electron chi connectivity index (χ4n) is 15.2. The lowest BCUT2D eigenvalue weighted by atomic mass is 9.77. The monoisotopic (exact) mass is 1510 g/mol. The molecule has 27 nitrogen and oxygen atoms in total. The Morgan fingerprint density at radius 1 is 0.868 bits per heavy atom. The van der Waals surface area contributed by atoms with Gasteiger partial charge in [0.15, 0.2) is 19.1 Å². The number of amides is 3.